The summed E-state index contributed by atoms with van der Waals surface area (Å²) in [4.78, 5) is 21.9. The van der Waals surface area contributed by atoms with Crippen LogP contribution in [-0.4, -0.2) is 30.2 Å². The number of primary amides is 1. The number of nitrogens with two attached hydrogens (primary N) is 1. The van der Waals surface area contributed by atoms with Crippen molar-refractivity contribution in [1.29, 1.82) is 0 Å². The van der Waals surface area contributed by atoms with Crippen molar-refractivity contribution < 1.29 is 22.6 Å². The molecule has 1 unspecified atom stereocenters. The van der Waals surface area contributed by atoms with E-state index in [-0.39, 0.29) is 12.0 Å². The molecule has 0 radical (unpaired) electrons. The summed E-state index contributed by atoms with van der Waals surface area (Å²) in [6, 6.07) is 0. The lowest BCUT2D eigenvalue weighted by atomic mass is 10.2. The smallest absolute Gasteiger partial charge is 0.286 e. The highest BCUT2D eigenvalue weighted by Gasteiger charge is 2.24. The zero-order valence-electron chi connectivity index (χ0n) is 9.92. The average molecular weight is 276 g/mol. The van der Waals surface area contributed by atoms with Gasteiger partial charge in [0.25, 0.3) is 16.0 Å². The minimum Gasteiger partial charge on any atom is -0.366 e. The molecule has 0 heterocycles. The number of rotatable bonds is 7. The molecule has 0 bridgehead atoms. The van der Waals surface area contributed by atoms with Crippen LogP contribution < -0.4 is 11.1 Å². The number of nitrogens with one attached hydrogen (secondary N) is 1. The lowest BCUT2D eigenvalue weighted by Gasteiger charge is -2.14. The predicted octanol–water partition coefficient (Wildman–Crippen LogP) is -0.286. The summed E-state index contributed by atoms with van der Waals surface area (Å²) in [5, 5.41) is 0.707. The fourth-order valence-electron chi connectivity index (χ4n) is 1.06. The Morgan fingerprint density at radius 3 is 2.39 bits per heavy atom. The first-order valence-corrected chi connectivity index (χ1v) is 6.62. The molecule has 0 saturated heterocycles. The lowest BCUT2D eigenvalue weighted by molar-refractivity contribution is -0.117. The molecule has 0 aromatic carbocycles. The molecule has 1 atom stereocenters. The van der Waals surface area contributed by atoms with Gasteiger partial charge in [0.15, 0.2) is 5.37 Å². The van der Waals surface area contributed by atoms with Crippen LogP contribution in [0, 0.1) is 0 Å². The number of carbonyl (C=O) groups is 2. The zero-order chi connectivity index (χ0) is 14.3. The van der Waals surface area contributed by atoms with Crippen molar-refractivity contribution in [2.45, 2.75) is 25.1 Å². The first-order chi connectivity index (χ1) is 8.18. The van der Waals surface area contributed by atoms with Crippen molar-refractivity contribution >= 4 is 21.9 Å². The van der Waals surface area contributed by atoms with E-state index < -0.39 is 27.3 Å². The lowest BCUT2D eigenvalue weighted by Crippen LogP contribution is -2.40. The predicted molar refractivity (Wildman–Crippen MR) is 65.9 cm³/mol. The van der Waals surface area contributed by atoms with Gasteiger partial charge < -0.3 is 11.1 Å². The van der Waals surface area contributed by atoms with Gasteiger partial charge in [-0.1, -0.05) is 19.9 Å². The Labute approximate surface area is 105 Å². The van der Waals surface area contributed by atoms with Crippen molar-refractivity contribution in [2.75, 3.05) is 0 Å². The SMILES string of the molecule is C=C(C=CC(N)=O)C(=O)NC(CCC)S(=O)(=O)O. The molecular weight excluding hydrogens is 260 g/mol. The maximum atomic E-state index is 11.5. The fourth-order valence-corrected chi connectivity index (χ4v) is 1.84. The summed E-state index contributed by atoms with van der Waals surface area (Å²) < 4.78 is 30.8. The van der Waals surface area contributed by atoms with E-state index in [9.17, 15) is 18.0 Å². The Hall–Kier alpha value is -1.67. The highest BCUT2D eigenvalue weighted by Crippen LogP contribution is 2.05. The zero-order valence-corrected chi connectivity index (χ0v) is 10.7. The van der Waals surface area contributed by atoms with E-state index in [1.807, 2.05) is 0 Å². The van der Waals surface area contributed by atoms with E-state index in [2.05, 4.69) is 11.9 Å². The first-order valence-electron chi connectivity index (χ1n) is 5.12. The summed E-state index contributed by atoms with van der Waals surface area (Å²) in [6.07, 6.45) is 2.50. The Kier molecular flexibility index (Phi) is 6.28. The molecule has 2 amide bonds. The van der Waals surface area contributed by atoms with Crippen LogP contribution in [0.2, 0.25) is 0 Å². The average Bonchev–Trinajstić information content (AvgIpc) is 2.23. The third-order valence-corrected chi connectivity index (χ3v) is 3.02. The molecule has 18 heavy (non-hydrogen) atoms. The highest BCUT2D eigenvalue weighted by molar-refractivity contribution is 7.86. The molecular formula is C10H16N2O5S. The number of hydrogen-bond donors (Lipinski definition) is 3. The Balaban J connectivity index is 4.71. The third-order valence-electron chi connectivity index (χ3n) is 1.94. The number of hydrogen-bond acceptors (Lipinski definition) is 4. The van der Waals surface area contributed by atoms with Crippen molar-refractivity contribution in [3.05, 3.63) is 24.3 Å². The van der Waals surface area contributed by atoms with Crippen LogP contribution in [0.15, 0.2) is 24.3 Å². The van der Waals surface area contributed by atoms with Gasteiger partial charge in [0.2, 0.25) is 5.91 Å². The van der Waals surface area contributed by atoms with Gasteiger partial charge in [-0.25, -0.2) is 0 Å². The van der Waals surface area contributed by atoms with Crippen LogP contribution in [0.5, 0.6) is 0 Å². The van der Waals surface area contributed by atoms with Gasteiger partial charge in [-0.2, -0.15) is 8.42 Å². The van der Waals surface area contributed by atoms with Gasteiger partial charge in [0.05, 0.1) is 0 Å². The van der Waals surface area contributed by atoms with Gasteiger partial charge in [0.1, 0.15) is 0 Å². The third kappa shape index (κ3) is 6.16. The second-order valence-corrected chi connectivity index (χ2v) is 5.13. The van der Waals surface area contributed by atoms with Gasteiger partial charge in [-0.05, 0) is 12.5 Å². The van der Waals surface area contributed by atoms with Crippen LogP contribution in [-0.2, 0) is 19.7 Å². The van der Waals surface area contributed by atoms with Gasteiger partial charge in [-0.3, -0.25) is 14.1 Å². The van der Waals surface area contributed by atoms with Gasteiger partial charge in [-0.15, -0.1) is 0 Å². The quantitative estimate of drug-likeness (QED) is 0.334. The van der Waals surface area contributed by atoms with E-state index in [1.165, 1.54) is 0 Å². The molecule has 0 aliphatic rings. The molecule has 0 saturated carbocycles. The number of amides is 2. The maximum absolute atomic E-state index is 11.5. The molecule has 0 aromatic heterocycles. The molecule has 0 aliphatic heterocycles. The van der Waals surface area contributed by atoms with E-state index in [0.717, 1.165) is 12.2 Å². The summed E-state index contributed by atoms with van der Waals surface area (Å²) in [5.41, 5.74) is 4.68. The second kappa shape index (κ2) is 6.92. The van der Waals surface area contributed by atoms with Crippen molar-refractivity contribution in [2.24, 2.45) is 5.73 Å². The molecule has 0 fully saturated rings. The van der Waals surface area contributed by atoms with Crippen molar-refractivity contribution in [3.63, 3.8) is 0 Å². The van der Waals surface area contributed by atoms with E-state index >= 15 is 0 Å². The molecule has 0 spiro atoms. The molecule has 0 aliphatic carbocycles. The second-order valence-electron chi connectivity index (χ2n) is 3.53. The van der Waals surface area contributed by atoms with Gasteiger partial charge >= 0.3 is 0 Å². The Morgan fingerprint density at radius 1 is 1.44 bits per heavy atom. The summed E-state index contributed by atoms with van der Waals surface area (Å²) >= 11 is 0. The largest absolute Gasteiger partial charge is 0.366 e. The van der Waals surface area contributed by atoms with Crippen LogP contribution in [0.3, 0.4) is 0 Å². The molecule has 8 heteroatoms. The highest BCUT2D eigenvalue weighted by atomic mass is 32.2. The monoisotopic (exact) mass is 276 g/mol. The van der Waals surface area contributed by atoms with Crippen LogP contribution in [0.4, 0.5) is 0 Å². The van der Waals surface area contributed by atoms with Crippen LogP contribution in [0.1, 0.15) is 19.8 Å². The molecule has 0 rings (SSSR count). The first kappa shape index (κ1) is 16.3. The summed E-state index contributed by atoms with van der Waals surface area (Å²) in [7, 11) is -4.38. The van der Waals surface area contributed by atoms with Crippen LogP contribution >= 0.6 is 0 Å². The van der Waals surface area contributed by atoms with E-state index in [0.29, 0.717) is 6.42 Å². The standard InChI is InChI=1S/C10H16N2O5S/c1-3-4-9(18(15,16)17)12-10(14)7(2)5-6-8(11)13/h5-6,9H,2-4H2,1H3,(H2,11,13)(H,12,14)(H,15,16,17). The van der Waals surface area contributed by atoms with Crippen molar-refractivity contribution in [1.82, 2.24) is 5.32 Å². The molecule has 4 N–H and O–H groups in total. The minimum atomic E-state index is -4.38. The fraction of sp³-hybridized carbons (Fsp3) is 0.400. The maximum Gasteiger partial charge on any atom is 0.286 e. The topological polar surface area (TPSA) is 127 Å². The van der Waals surface area contributed by atoms with Gasteiger partial charge in [0, 0.05) is 11.6 Å². The molecule has 102 valence electrons. The van der Waals surface area contributed by atoms with E-state index in [1.54, 1.807) is 6.92 Å². The summed E-state index contributed by atoms with van der Waals surface area (Å²) in [6.45, 7) is 5.04. The molecule has 7 nitrogen and oxygen atoms in total. The number of carbonyl (C=O) groups excluding carboxylic acids is 2. The molecule has 0 aromatic rings. The summed E-state index contributed by atoms with van der Waals surface area (Å²) in [5.74, 6) is -1.56. The minimum absolute atomic E-state index is 0.0669. The van der Waals surface area contributed by atoms with Crippen LogP contribution in [0.25, 0.3) is 0 Å². The Bertz CT molecular complexity index is 467. The van der Waals surface area contributed by atoms with Crippen molar-refractivity contribution in [3.8, 4) is 0 Å². The normalized spacial score (nSPS) is 13.2. The van der Waals surface area contributed by atoms with E-state index in [4.69, 9.17) is 10.3 Å². The Morgan fingerprint density at radius 2 is 2.00 bits per heavy atom.